The number of carbonyl (C=O) groups excluding carboxylic acids is 2. The van der Waals surface area contributed by atoms with E-state index in [-0.39, 0.29) is 57.9 Å². The average molecular weight is 495 g/mol. The number of hydrogen-bond donors (Lipinski definition) is 2. The van der Waals surface area contributed by atoms with Crippen LogP contribution in [0.1, 0.15) is 69.7 Å². The minimum absolute atomic E-state index is 0.0213. The molecule has 2 aromatic rings. The summed E-state index contributed by atoms with van der Waals surface area (Å²) < 4.78 is 5.19. The van der Waals surface area contributed by atoms with Crippen LogP contribution in [0.4, 0.5) is 0 Å². The predicted molar refractivity (Wildman–Crippen MR) is 139 cm³/mol. The van der Waals surface area contributed by atoms with Crippen LogP contribution in [-0.2, 0) is 20.9 Å². The summed E-state index contributed by atoms with van der Waals surface area (Å²) in [7, 11) is 1.66. The Labute approximate surface area is 211 Å². The van der Waals surface area contributed by atoms with Crippen molar-refractivity contribution in [3.63, 3.8) is 0 Å². The first-order valence-corrected chi connectivity index (χ1v) is 12.8. The standard InChI is InChI=1S/C29H34O5S/c1-28(2)12-19(30)25(20(31)13-28)27(26-21(32)14-29(3,4)15-22(26)33)24-11-10-23(35-24)18-8-6-17(7-9-18)16-34-5/h6-11,27,30,32H,12-16H2,1-5H3. The average Bonchev–Trinajstić information content (AvgIpc) is 3.20. The number of hydrogen-bond acceptors (Lipinski definition) is 6. The maximum absolute atomic E-state index is 13.4. The van der Waals surface area contributed by atoms with Crippen LogP contribution in [0.3, 0.4) is 0 Å². The van der Waals surface area contributed by atoms with Gasteiger partial charge < -0.3 is 14.9 Å². The van der Waals surface area contributed by atoms with Crippen LogP contribution in [0.2, 0.25) is 0 Å². The molecule has 0 spiro atoms. The van der Waals surface area contributed by atoms with E-state index in [1.165, 1.54) is 11.3 Å². The molecule has 0 bridgehead atoms. The zero-order valence-corrected chi connectivity index (χ0v) is 21.9. The first-order valence-electron chi connectivity index (χ1n) is 12.0. The van der Waals surface area contributed by atoms with Gasteiger partial charge in [-0.25, -0.2) is 0 Å². The van der Waals surface area contributed by atoms with E-state index in [0.29, 0.717) is 19.4 Å². The highest BCUT2D eigenvalue weighted by molar-refractivity contribution is 7.15. The van der Waals surface area contributed by atoms with Gasteiger partial charge in [0.25, 0.3) is 0 Å². The fourth-order valence-electron chi connectivity index (χ4n) is 5.28. The molecule has 0 radical (unpaired) electrons. The summed E-state index contributed by atoms with van der Waals surface area (Å²) in [6.07, 6.45) is 1.29. The zero-order valence-electron chi connectivity index (χ0n) is 21.1. The summed E-state index contributed by atoms with van der Waals surface area (Å²) in [6, 6.07) is 12.0. The smallest absolute Gasteiger partial charge is 0.163 e. The SMILES string of the molecule is COCc1ccc(-c2ccc(C(C3=C(O)CC(C)(C)CC3=O)C3=C(O)CC(C)(C)CC3=O)s2)cc1. The quantitative estimate of drug-likeness (QED) is 0.450. The molecule has 1 aromatic carbocycles. The summed E-state index contributed by atoms with van der Waals surface area (Å²) in [5.41, 5.74) is 1.89. The van der Waals surface area contributed by atoms with Crippen LogP contribution in [0, 0.1) is 10.8 Å². The lowest BCUT2D eigenvalue weighted by Gasteiger charge is -2.36. The van der Waals surface area contributed by atoms with Gasteiger partial charge in [0.05, 0.1) is 12.5 Å². The number of aliphatic hydroxyl groups is 2. The van der Waals surface area contributed by atoms with Gasteiger partial charge in [0.1, 0.15) is 11.5 Å². The number of Topliss-reactive ketones (excluding diaryl/α,β-unsaturated/α-hetero) is 2. The molecule has 2 aliphatic carbocycles. The molecule has 5 nitrogen and oxygen atoms in total. The molecule has 1 aromatic heterocycles. The largest absolute Gasteiger partial charge is 0.512 e. The van der Waals surface area contributed by atoms with Crippen LogP contribution in [0.5, 0.6) is 0 Å². The van der Waals surface area contributed by atoms with Gasteiger partial charge >= 0.3 is 0 Å². The second-order valence-electron chi connectivity index (χ2n) is 11.4. The Bertz CT molecular complexity index is 1160. The Kier molecular flexibility index (Phi) is 6.82. The van der Waals surface area contributed by atoms with E-state index in [4.69, 9.17) is 4.74 Å². The van der Waals surface area contributed by atoms with Gasteiger partial charge in [-0.1, -0.05) is 52.0 Å². The Hall–Kier alpha value is -2.70. The molecule has 1 heterocycles. The summed E-state index contributed by atoms with van der Waals surface area (Å²) in [5, 5.41) is 22.1. The normalized spacial score (nSPS) is 20.2. The van der Waals surface area contributed by atoms with E-state index in [1.54, 1.807) is 7.11 Å². The molecule has 0 amide bonds. The van der Waals surface area contributed by atoms with Gasteiger partial charge in [-0.2, -0.15) is 0 Å². The fourth-order valence-corrected chi connectivity index (χ4v) is 6.42. The molecule has 0 atom stereocenters. The second-order valence-corrected chi connectivity index (χ2v) is 12.5. The zero-order chi connectivity index (χ0) is 25.5. The summed E-state index contributed by atoms with van der Waals surface area (Å²) in [4.78, 5) is 28.5. The van der Waals surface area contributed by atoms with Gasteiger partial charge in [0, 0.05) is 53.7 Å². The maximum atomic E-state index is 13.4. The number of ether oxygens (including phenoxy) is 1. The van der Waals surface area contributed by atoms with Crippen molar-refractivity contribution < 1.29 is 24.5 Å². The van der Waals surface area contributed by atoms with Crippen LogP contribution < -0.4 is 0 Å². The van der Waals surface area contributed by atoms with Crippen LogP contribution in [0.25, 0.3) is 10.4 Å². The van der Waals surface area contributed by atoms with Crippen LogP contribution in [0.15, 0.2) is 59.1 Å². The second kappa shape index (κ2) is 9.40. The van der Waals surface area contributed by atoms with E-state index in [1.807, 2.05) is 64.1 Å². The molecular formula is C29H34O5S. The Balaban J connectivity index is 1.83. The Morgan fingerprint density at radius 3 is 1.80 bits per heavy atom. The molecule has 0 fully saturated rings. The number of carbonyl (C=O) groups is 2. The molecule has 186 valence electrons. The molecular weight excluding hydrogens is 460 g/mol. The third-order valence-electron chi connectivity index (χ3n) is 6.83. The number of methoxy groups -OCH3 is 1. The summed E-state index contributed by atoms with van der Waals surface area (Å²) in [5.74, 6) is -1.06. The van der Waals surface area contributed by atoms with Crippen molar-refractivity contribution in [1.29, 1.82) is 0 Å². The molecule has 0 aliphatic heterocycles. The van der Waals surface area contributed by atoms with Crippen molar-refractivity contribution in [2.75, 3.05) is 7.11 Å². The highest BCUT2D eigenvalue weighted by Gasteiger charge is 2.44. The van der Waals surface area contributed by atoms with E-state index in [9.17, 15) is 19.8 Å². The van der Waals surface area contributed by atoms with Gasteiger partial charge in [0.2, 0.25) is 0 Å². The maximum Gasteiger partial charge on any atom is 0.163 e. The third-order valence-corrected chi connectivity index (χ3v) is 8.03. The number of ketones is 2. The topological polar surface area (TPSA) is 83.8 Å². The molecule has 4 rings (SSSR count). The summed E-state index contributed by atoms with van der Waals surface area (Å²) in [6.45, 7) is 8.35. The number of aliphatic hydroxyl groups excluding tert-OH is 2. The molecule has 2 N–H and O–H groups in total. The van der Waals surface area contributed by atoms with Crippen molar-refractivity contribution in [3.05, 3.63) is 69.5 Å². The van der Waals surface area contributed by atoms with E-state index >= 15 is 0 Å². The molecule has 35 heavy (non-hydrogen) atoms. The number of rotatable bonds is 6. The lowest BCUT2D eigenvalue weighted by molar-refractivity contribution is -0.119. The van der Waals surface area contributed by atoms with Crippen molar-refractivity contribution in [2.45, 2.75) is 65.9 Å². The molecule has 0 saturated heterocycles. The van der Waals surface area contributed by atoms with Crippen molar-refractivity contribution in [3.8, 4) is 10.4 Å². The number of allylic oxidation sites excluding steroid dienone is 4. The number of thiophene rings is 1. The van der Waals surface area contributed by atoms with Crippen molar-refractivity contribution >= 4 is 22.9 Å². The van der Waals surface area contributed by atoms with Crippen molar-refractivity contribution in [1.82, 2.24) is 0 Å². The molecule has 0 saturated carbocycles. The summed E-state index contributed by atoms with van der Waals surface area (Å²) >= 11 is 1.48. The van der Waals surface area contributed by atoms with Gasteiger partial charge in [0.15, 0.2) is 11.6 Å². The van der Waals surface area contributed by atoms with Gasteiger partial charge in [-0.05, 0) is 34.1 Å². The highest BCUT2D eigenvalue weighted by Crippen LogP contribution is 2.49. The Morgan fingerprint density at radius 2 is 1.34 bits per heavy atom. The lowest BCUT2D eigenvalue weighted by atomic mass is 9.68. The predicted octanol–water partition coefficient (Wildman–Crippen LogP) is 7.05. The minimum Gasteiger partial charge on any atom is -0.512 e. The fraction of sp³-hybridized carbons (Fsp3) is 0.448. The van der Waals surface area contributed by atoms with E-state index in [0.717, 1.165) is 20.9 Å². The Morgan fingerprint density at radius 1 is 0.829 bits per heavy atom. The molecule has 2 aliphatic rings. The molecule has 0 unspecified atom stereocenters. The number of benzene rings is 1. The minimum atomic E-state index is -0.770. The van der Waals surface area contributed by atoms with E-state index in [2.05, 4.69) is 0 Å². The lowest BCUT2D eigenvalue weighted by Crippen LogP contribution is -2.33. The monoisotopic (exact) mass is 494 g/mol. The third kappa shape index (κ3) is 5.29. The van der Waals surface area contributed by atoms with Crippen LogP contribution >= 0.6 is 11.3 Å². The highest BCUT2D eigenvalue weighted by atomic mass is 32.1. The van der Waals surface area contributed by atoms with Gasteiger partial charge in [-0.15, -0.1) is 11.3 Å². The van der Waals surface area contributed by atoms with Gasteiger partial charge in [-0.3, -0.25) is 9.59 Å². The van der Waals surface area contributed by atoms with Crippen LogP contribution in [-0.4, -0.2) is 28.9 Å². The van der Waals surface area contributed by atoms with E-state index < -0.39 is 5.92 Å². The first-order chi connectivity index (χ1) is 16.4. The van der Waals surface area contributed by atoms with Crippen molar-refractivity contribution in [2.24, 2.45) is 10.8 Å². The molecule has 6 heteroatoms. The first kappa shape index (κ1) is 25.4.